The topological polar surface area (TPSA) is 83.2 Å². The normalized spacial score (nSPS) is 10.9. The molecule has 0 fully saturated rings. The van der Waals surface area contributed by atoms with Crippen molar-refractivity contribution >= 4 is 15.8 Å². The molecule has 0 amide bonds. The first-order valence-electron chi connectivity index (χ1n) is 4.77. The minimum atomic E-state index is -4.42. The van der Waals surface area contributed by atoms with Gasteiger partial charge in [0.25, 0.3) is 0 Å². The molecule has 0 aliphatic carbocycles. The summed E-state index contributed by atoms with van der Waals surface area (Å²) in [5, 5.41) is 0. The van der Waals surface area contributed by atoms with Crippen LogP contribution in [0.4, 0.5) is 5.69 Å². The predicted octanol–water partition coefficient (Wildman–Crippen LogP) is -1.70. The van der Waals surface area contributed by atoms with E-state index in [2.05, 4.69) is 0 Å². The van der Waals surface area contributed by atoms with Crippen LogP contribution in [0.1, 0.15) is 25.0 Å². The van der Waals surface area contributed by atoms with Crippen LogP contribution in [0.25, 0.3) is 0 Å². The average molecular weight is 251 g/mol. The Kier molecular flexibility index (Phi) is 6.00. The van der Waals surface area contributed by atoms with Gasteiger partial charge >= 0.3 is 29.6 Å². The Labute approximate surface area is 118 Å². The number of hydrogen-bond acceptors (Lipinski definition) is 4. The van der Waals surface area contributed by atoms with Gasteiger partial charge in [-0.3, -0.25) is 0 Å². The molecule has 0 aliphatic rings. The Morgan fingerprint density at radius 3 is 2.19 bits per heavy atom. The number of aryl methyl sites for hydroxylation is 1. The zero-order valence-corrected chi connectivity index (χ0v) is 12.6. The molecule has 4 nitrogen and oxygen atoms in total. The Hall–Kier alpha value is -0.0700. The molecule has 2 N–H and O–H groups in total. The van der Waals surface area contributed by atoms with E-state index >= 15 is 0 Å². The van der Waals surface area contributed by atoms with Gasteiger partial charge in [-0.2, -0.15) is 0 Å². The standard InChI is InChI=1S/C10H15NO3S.Na/c1-3-7-5-6-9(15(12,13)14)8(4-2)10(7)11;/h5-6H,3-4,11H2,1-2H3,(H,12,13,14);/q;+1/p-1. The number of rotatable bonds is 3. The monoisotopic (exact) mass is 251 g/mol. The molecule has 0 heterocycles. The summed E-state index contributed by atoms with van der Waals surface area (Å²) in [6, 6.07) is 2.94. The van der Waals surface area contributed by atoms with Crippen LogP contribution >= 0.6 is 0 Å². The van der Waals surface area contributed by atoms with Crippen molar-refractivity contribution in [3.05, 3.63) is 23.3 Å². The molecule has 0 saturated heterocycles. The molecular weight excluding hydrogens is 237 g/mol. The van der Waals surface area contributed by atoms with E-state index in [4.69, 9.17) is 5.73 Å². The van der Waals surface area contributed by atoms with Crippen LogP contribution in [0.15, 0.2) is 17.0 Å². The SMILES string of the molecule is CCc1ccc(S(=O)(=O)[O-])c(CC)c1N.[Na+]. The Balaban J connectivity index is 0.00000225. The van der Waals surface area contributed by atoms with E-state index in [0.717, 1.165) is 12.0 Å². The quantitative estimate of drug-likeness (QED) is 0.394. The maximum Gasteiger partial charge on any atom is 1.00 e. The largest absolute Gasteiger partial charge is 1.00 e. The van der Waals surface area contributed by atoms with Crippen molar-refractivity contribution in [2.24, 2.45) is 0 Å². The van der Waals surface area contributed by atoms with E-state index in [1.807, 2.05) is 6.92 Å². The predicted molar refractivity (Wildman–Crippen MR) is 57.6 cm³/mol. The summed E-state index contributed by atoms with van der Waals surface area (Å²) in [6.45, 7) is 3.70. The third-order valence-corrected chi connectivity index (χ3v) is 3.33. The van der Waals surface area contributed by atoms with Gasteiger partial charge in [0.05, 0.1) is 4.90 Å². The Morgan fingerprint density at radius 2 is 1.81 bits per heavy atom. The third-order valence-electron chi connectivity index (χ3n) is 2.41. The number of hydrogen-bond donors (Lipinski definition) is 1. The van der Waals surface area contributed by atoms with Crippen molar-refractivity contribution in [1.82, 2.24) is 0 Å². The summed E-state index contributed by atoms with van der Waals surface area (Å²) in [6.07, 6.45) is 1.16. The molecule has 0 atom stereocenters. The molecule has 1 aromatic carbocycles. The number of anilines is 1. The van der Waals surface area contributed by atoms with Gasteiger partial charge in [0.15, 0.2) is 0 Å². The van der Waals surface area contributed by atoms with Crippen molar-refractivity contribution in [3.8, 4) is 0 Å². The third kappa shape index (κ3) is 3.21. The first-order chi connectivity index (χ1) is 6.91. The summed E-state index contributed by atoms with van der Waals surface area (Å²) in [4.78, 5) is -0.195. The van der Waals surface area contributed by atoms with Gasteiger partial charge in [0.2, 0.25) is 0 Å². The summed E-state index contributed by atoms with van der Waals surface area (Å²) < 4.78 is 32.9. The maximum absolute atomic E-state index is 11.0. The second-order valence-electron chi connectivity index (χ2n) is 3.28. The second kappa shape index (κ2) is 6.02. The summed E-state index contributed by atoms with van der Waals surface area (Å²) in [5.41, 5.74) is 7.54. The van der Waals surface area contributed by atoms with Crippen molar-refractivity contribution < 1.29 is 42.5 Å². The zero-order chi connectivity index (χ0) is 11.6. The van der Waals surface area contributed by atoms with Gasteiger partial charge in [-0.15, -0.1) is 0 Å². The maximum atomic E-state index is 11.0. The first kappa shape index (κ1) is 15.9. The van der Waals surface area contributed by atoms with E-state index in [9.17, 15) is 13.0 Å². The number of nitrogen functional groups attached to an aromatic ring is 1. The smallest absolute Gasteiger partial charge is 0.744 e. The molecule has 0 saturated carbocycles. The van der Waals surface area contributed by atoms with Crippen LogP contribution in [0.5, 0.6) is 0 Å². The van der Waals surface area contributed by atoms with Crippen molar-refractivity contribution in [1.29, 1.82) is 0 Å². The minimum absolute atomic E-state index is 0. The van der Waals surface area contributed by atoms with Gasteiger partial charge in [-0.05, 0) is 30.0 Å². The van der Waals surface area contributed by atoms with Crippen molar-refractivity contribution in [2.45, 2.75) is 31.6 Å². The minimum Gasteiger partial charge on any atom is -0.744 e. The van der Waals surface area contributed by atoms with Crippen LogP contribution in [0, 0.1) is 0 Å². The van der Waals surface area contributed by atoms with Crippen LogP contribution in [-0.2, 0) is 23.0 Å². The van der Waals surface area contributed by atoms with E-state index in [1.54, 1.807) is 13.0 Å². The summed E-state index contributed by atoms with van der Waals surface area (Å²) in [5.74, 6) is 0. The molecule has 84 valence electrons. The first-order valence-corrected chi connectivity index (χ1v) is 6.18. The van der Waals surface area contributed by atoms with Crippen LogP contribution in [-0.4, -0.2) is 13.0 Å². The fourth-order valence-corrected chi connectivity index (χ4v) is 2.39. The van der Waals surface area contributed by atoms with Gasteiger partial charge in [0.1, 0.15) is 10.1 Å². The summed E-state index contributed by atoms with van der Waals surface area (Å²) >= 11 is 0. The fourth-order valence-electron chi connectivity index (χ4n) is 1.60. The van der Waals surface area contributed by atoms with E-state index in [1.165, 1.54) is 6.07 Å². The molecule has 1 aromatic rings. The van der Waals surface area contributed by atoms with E-state index in [-0.39, 0.29) is 34.5 Å². The number of benzene rings is 1. The molecule has 0 unspecified atom stereocenters. The van der Waals surface area contributed by atoms with Gasteiger partial charge in [-0.25, -0.2) is 8.42 Å². The second-order valence-corrected chi connectivity index (χ2v) is 4.62. The van der Waals surface area contributed by atoms with Crippen molar-refractivity contribution in [2.75, 3.05) is 5.73 Å². The van der Waals surface area contributed by atoms with Gasteiger partial charge < -0.3 is 10.3 Å². The summed E-state index contributed by atoms with van der Waals surface area (Å²) in [7, 11) is -4.42. The zero-order valence-electron chi connectivity index (χ0n) is 9.78. The molecule has 6 heteroatoms. The average Bonchev–Trinajstić information content (AvgIpc) is 2.15. The van der Waals surface area contributed by atoms with Crippen LogP contribution < -0.4 is 35.3 Å². The van der Waals surface area contributed by atoms with Crippen LogP contribution in [0.3, 0.4) is 0 Å². The van der Waals surface area contributed by atoms with Crippen molar-refractivity contribution in [3.63, 3.8) is 0 Å². The Morgan fingerprint density at radius 1 is 1.25 bits per heavy atom. The number of nitrogens with two attached hydrogens (primary N) is 1. The molecule has 1 rings (SSSR count). The van der Waals surface area contributed by atoms with Gasteiger partial charge in [0, 0.05) is 5.69 Å². The molecule has 0 spiro atoms. The molecular formula is C10H14NNaO3S. The molecule has 0 aliphatic heterocycles. The molecule has 0 bridgehead atoms. The molecule has 0 aromatic heterocycles. The van der Waals surface area contributed by atoms with E-state index in [0.29, 0.717) is 17.7 Å². The van der Waals surface area contributed by atoms with Gasteiger partial charge in [-0.1, -0.05) is 19.9 Å². The Bertz CT molecular complexity index is 471. The van der Waals surface area contributed by atoms with Crippen LogP contribution in [0.2, 0.25) is 0 Å². The van der Waals surface area contributed by atoms with E-state index < -0.39 is 10.1 Å². The fraction of sp³-hybridized carbons (Fsp3) is 0.400. The molecule has 0 radical (unpaired) electrons. The molecule has 16 heavy (non-hydrogen) atoms.